The first-order chi connectivity index (χ1) is 8.15. The van der Waals surface area contributed by atoms with Gasteiger partial charge in [0, 0.05) is 18.1 Å². The highest BCUT2D eigenvalue weighted by molar-refractivity contribution is 9.10. The summed E-state index contributed by atoms with van der Waals surface area (Å²) in [6, 6.07) is 12.8. The van der Waals surface area contributed by atoms with Crippen molar-refractivity contribution < 1.29 is 4.39 Å². The van der Waals surface area contributed by atoms with Gasteiger partial charge in [0.1, 0.15) is 5.82 Å². The van der Waals surface area contributed by atoms with Gasteiger partial charge in [-0.1, -0.05) is 34.1 Å². The van der Waals surface area contributed by atoms with Gasteiger partial charge in [-0.3, -0.25) is 0 Å². The van der Waals surface area contributed by atoms with E-state index in [1.54, 1.807) is 12.1 Å². The first kappa shape index (κ1) is 12.0. The fraction of sp³-hybridized carbons (Fsp3) is 0.154. The molecule has 0 unspecified atom stereocenters. The third-order valence-corrected chi connectivity index (χ3v) is 2.95. The maximum Gasteiger partial charge on any atom is 0.214 e. The number of halogens is 2. The summed E-state index contributed by atoms with van der Waals surface area (Å²) in [5, 5.41) is 0. The molecule has 1 heterocycles. The molecule has 0 aliphatic carbocycles. The predicted molar refractivity (Wildman–Crippen MR) is 70.4 cm³/mol. The Kier molecular flexibility index (Phi) is 3.74. The molecule has 17 heavy (non-hydrogen) atoms. The lowest BCUT2D eigenvalue weighted by atomic mass is 10.2. The summed E-state index contributed by atoms with van der Waals surface area (Å²) in [5.74, 6) is 0.179. The van der Waals surface area contributed by atoms with Gasteiger partial charge in [-0.25, -0.2) is 4.98 Å². The van der Waals surface area contributed by atoms with Crippen LogP contribution in [0.4, 0.5) is 10.2 Å². The van der Waals surface area contributed by atoms with E-state index in [2.05, 4.69) is 20.9 Å². The summed E-state index contributed by atoms with van der Waals surface area (Å²) in [5.41, 5.74) is 1.15. The molecule has 0 radical (unpaired) electrons. The molecule has 0 fully saturated rings. The molecular weight excluding hydrogens is 283 g/mol. The van der Waals surface area contributed by atoms with Crippen molar-refractivity contribution in [1.29, 1.82) is 0 Å². The van der Waals surface area contributed by atoms with Crippen LogP contribution in [0, 0.1) is 5.95 Å². The first-order valence-corrected chi connectivity index (χ1v) is 6.02. The van der Waals surface area contributed by atoms with E-state index in [4.69, 9.17) is 0 Å². The van der Waals surface area contributed by atoms with Gasteiger partial charge < -0.3 is 4.90 Å². The molecule has 0 aliphatic heterocycles. The van der Waals surface area contributed by atoms with Crippen LogP contribution in [0.25, 0.3) is 0 Å². The highest BCUT2D eigenvalue weighted by Crippen LogP contribution is 2.15. The predicted octanol–water partition coefficient (Wildman–Crippen LogP) is 3.62. The Morgan fingerprint density at radius 3 is 2.53 bits per heavy atom. The average Bonchev–Trinajstić information content (AvgIpc) is 2.32. The Morgan fingerprint density at radius 2 is 1.88 bits per heavy atom. The molecule has 88 valence electrons. The van der Waals surface area contributed by atoms with E-state index in [0.717, 1.165) is 10.0 Å². The molecule has 4 heteroatoms. The van der Waals surface area contributed by atoms with Crippen LogP contribution in [-0.2, 0) is 6.54 Å². The van der Waals surface area contributed by atoms with Crippen molar-refractivity contribution in [3.05, 3.63) is 58.4 Å². The Morgan fingerprint density at radius 1 is 1.18 bits per heavy atom. The van der Waals surface area contributed by atoms with Crippen molar-refractivity contribution in [2.24, 2.45) is 0 Å². The van der Waals surface area contributed by atoms with E-state index < -0.39 is 5.95 Å². The molecule has 0 saturated heterocycles. The van der Waals surface area contributed by atoms with Crippen LogP contribution in [0.2, 0.25) is 0 Å². The van der Waals surface area contributed by atoms with Crippen LogP contribution in [0.5, 0.6) is 0 Å². The molecule has 0 amide bonds. The lowest BCUT2D eigenvalue weighted by Crippen LogP contribution is -2.17. The number of nitrogens with zero attached hydrogens (tertiary/aromatic N) is 2. The summed E-state index contributed by atoms with van der Waals surface area (Å²) in [6.45, 7) is 0.698. The van der Waals surface area contributed by atoms with Gasteiger partial charge >= 0.3 is 0 Å². The zero-order valence-electron chi connectivity index (χ0n) is 9.40. The highest BCUT2D eigenvalue weighted by Gasteiger charge is 2.04. The van der Waals surface area contributed by atoms with Crippen LogP contribution in [0.1, 0.15) is 5.56 Å². The summed E-state index contributed by atoms with van der Waals surface area (Å²) >= 11 is 3.39. The van der Waals surface area contributed by atoms with Crippen LogP contribution in [0.15, 0.2) is 46.9 Å². The van der Waals surface area contributed by atoms with Crippen molar-refractivity contribution in [3.63, 3.8) is 0 Å². The minimum absolute atomic E-state index is 0.454. The van der Waals surface area contributed by atoms with E-state index in [1.165, 1.54) is 6.07 Å². The summed E-state index contributed by atoms with van der Waals surface area (Å²) in [7, 11) is 1.89. The number of benzene rings is 1. The number of hydrogen-bond acceptors (Lipinski definition) is 2. The molecule has 2 nitrogen and oxygen atoms in total. The molecule has 2 aromatic rings. The zero-order chi connectivity index (χ0) is 12.3. The first-order valence-electron chi connectivity index (χ1n) is 5.23. The van der Waals surface area contributed by atoms with Crippen LogP contribution in [0.3, 0.4) is 0 Å². The maximum absolute atomic E-state index is 13.0. The maximum atomic E-state index is 13.0. The van der Waals surface area contributed by atoms with Gasteiger partial charge in [-0.15, -0.1) is 0 Å². The summed E-state index contributed by atoms with van der Waals surface area (Å²) in [4.78, 5) is 5.75. The number of pyridine rings is 1. The lowest BCUT2D eigenvalue weighted by molar-refractivity contribution is 0.582. The van der Waals surface area contributed by atoms with Gasteiger partial charge in [0.15, 0.2) is 0 Å². The quantitative estimate of drug-likeness (QED) is 0.804. The molecule has 0 aliphatic rings. The van der Waals surface area contributed by atoms with Crippen LogP contribution >= 0.6 is 15.9 Å². The van der Waals surface area contributed by atoms with Crippen molar-refractivity contribution in [2.75, 3.05) is 11.9 Å². The second-order valence-corrected chi connectivity index (χ2v) is 4.72. The fourth-order valence-electron chi connectivity index (χ4n) is 1.55. The number of aromatic nitrogens is 1. The minimum atomic E-state index is -0.454. The summed E-state index contributed by atoms with van der Waals surface area (Å²) in [6.07, 6.45) is 0. The SMILES string of the molecule is CN(Cc1ccc(Br)cc1)c1cccc(F)n1. The molecule has 0 bridgehead atoms. The molecule has 1 aromatic carbocycles. The van der Waals surface area contributed by atoms with Crippen molar-refractivity contribution >= 4 is 21.7 Å². The second kappa shape index (κ2) is 5.27. The van der Waals surface area contributed by atoms with Gasteiger partial charge in [0.25, 0.3) is 0 Å². The molecule has 1 aromatic heterocycles. The Labute approximate surface area is 108 Å². The molecule has 0 N–H and O–H groups in total. The number of hydrogen-bond donors (Lipinski definition) is 0. The standard InChI is InChI=1S/C13H12BrFN2/c1-17(13-4-2-3-12(15)16-13)9-10-5-7-11(14)8-6-10/h2-8H,9H2,1H3. The molecule has 2 rings (SSSR count). The zero-order valence-corrected chi connectivity index (χ0v) is 11.0. The average molecular weight is 295 g/mol. The van der Waals surface area contributed by atoms with Crippen molar-refractivity contribution in [2.45, 2.75) is 6.54 Å². The number of anilines is 1. The molecule has 0 spiro atoms. The monoisotopic (exact) mass is 294 g/mol. The van der Waals surface area contributed by atoms with Crippen LogP contribution in [-0.4, -0.2) is 12.0 Å². The van der Waals surface area contributed by atoms with E-state index >= 15 is 0 Å². The fourth-order valence-corrected chi connectivity index (χ4v) is 1.82. The van der Waals surface area contributed by atoms with E-state index in [-0.39, 0.29) is 0 Å². The Hall–Kier alpha value is -1.42. The van der Waals surface area contributed by atoms with Gasteiger partial charge in [-0.05, 0) is 29.8 Å². The van der Waals surface area contributed by atoms with Crippen LogP contribution < -0.4 is 4.90 Å². The normalized spacial score (nSPS) is 10.3. The molecule has 0 saturated carbocycles. The summed E-state index contributed by atoms with van der Waals surface area (Å²) < 4.78 is 14.0. The minimum Gasteiger partial charge on any atom is -0.355 e. The third kappa shape index (κ3) is 3.27. The smallest absolute Gasteiger partial charge is 0.214 e. The van der Waals surface area contributed by atoms with E-state index in [1.807, 2.05) is 36.2 Å². The Balaban J connectivity index is 2.11. The lowest BCUT2D eigenvalue weighted by Gasteiger charge is -2.18. The van der Waals surface area contributed by atoms with E-state index in [9.17, 15) is 4.39 Å². The second-order valence-electron chi connectivity index (χ2n) is 3.80. The number of rotatable bonds is 3. The van der Waals surface area contributed by atoms with Crippen molar-refractivity contribution in [3.8, 4) is 0 Å². The molecule has 0 atom stereocenters. The van der Waals surface area contributed by atoms with E-state index in [0.29, 0.717) is 12.4 Å². The largest absolute Gasteiger partial charge is 0.355 e. The van der Waals surface area contributed by atoms with Gasteiger partial charge in [0.05, 0.1) is 0 Å². The van der Waals surface area contributed by atoms with Crippen molar-refractivity contribution in [1.82, 2.24) is 4.98 Å². The molecular formula is C13H12BrFN2. The van der Waals surface area contributed by atoms with Gasteiger partial charge in [-0.2, -0.15) is 4.39 Å². The highest BCUT2D eigenvalue weighted by atomic mass is 79.9. The van der Waals surface area contributed by atoms with Gasteiger partial charge in [0.2, 0.25) is 5.95 Å². The topological polar surface area (TPSA) is 16.1 Å². The Bertz CT molecular complexity index is 499. The third-order valence-electron chi connectivity index (χ3n) is 2.42.